The van der Waals surface area contributed by atoms with Crippen LogP contribution in [0.1, 0.15) is 24.2 Å². The van der Waals surface area contributed by atoms with E-state index in [-0.39, 0.29) is 6.61 Å². The van der Waals surface area contributed by atoms with E-state index in [1.165, 1.54) is 6.92 Å². The van der Waals surface area contributed by atoms with Crippen LogP contribution >= 0.6 is 0 Å². The molecule has 18 heavy (non-hydrogen) atoms. The number of carbonyl (C=O) groups is 2. The maximum absolute atomic E-state index is 11.8. The van der Waals surface area contributed by atoms with Gasteiger partial charge in [-0.15, -0.1) is 0 Å². The molecule has 5 nitrogen and oxygen atoms in total. The van der Waals surface area contributed by atoms with Gasteiger partial charge in [-0.25, -0.2) is 4.79 Å². The average molecular weight is 251 g/mol. The third-order valence-corrected chi connectivity index (χ3v) is 2.35. The molecule has 1 rings (SSSR count). The number of aliphatic hydroxyl groups is 1. The van der Waals surface area contributed by atoms with Crippen molar-refractivity contribution in [2.75, 3.05) is 6.61 Å². The second kappa shape index (κ2) is 6.76. The fourth-order valence-electron chi connectivity index (χ4n) is 1.42. The molecule has 1 amide bonds. The molecule has 1 unspecified atom stereocenters. The first-order valence-corrected chi connectivity index (χ1v) is 5.77. The van der Waals surface area contributed by atoms with Gasteiger partial charge in [-0.2, -0.15) is 0 Å². The van der Waals surface area contributed by atoms with Crippen molar-refractivity contribution >= 4 is 11.9 Å². The molecule has 2 atom stereocenters. The zero-order valence-electron chi connectivity index (χ0n) is 10.4. The monoisotopic (exact) mass is 251 g/mol. The molecule has 0 fully saturated rings. The summed E-state index contributed by atoms with van der Waals surface area (Å²) in [7, 11) is 0. The lowest BCUT2D eigenvalue weighted by molar-refractivity contribution is -0.148. The normalized spacial score (nSPS) is 13.5. The number of carbonyl (C=O) groups excluding carboxylic acids is 2. The highest BCUT2D eigenvalue weighted by Gasteiger charge is 2.27. The number of ether oxygens (including phenoxy) is 1. The fourth-order valence-corrected chi connectivity index (χ4v) is 1.42. The summed E-state index contributed by atoms with van der Waals surface area (Å²) in [5.74, 6) is -1.06. The van der Waals surface area contributed by atoms with Crippen molar-refractivity contribution in [1.29, 1.82) is 0 Å². The summed E-state index contributed by atoms with van der Waals surface area (Å²) >= 11 is 0. The molecule has 1 aromatic rings. The first-order chi connectivity index (χ1) is 8.56. The van der Waals surface area contributed by atoms with E-state index in [1.807, 2.05) is 0 Å². The van der Waals surface area contributed by atoms with Gasteiger partial charge in [0.15, 0.2) is 6.04 Å². The molecule has 98 valence electrons. The highest BCUT2D eigenvalue weighted by atomic mass is 16.5. The second-order valence-electron chi connectivity index (χ2n) is 3.81. The molecule has 0 spiro atoms. The van der Waals surface area contributed by atoms with Crippen LogP contribution in [-0.2, 0) is 9.53 Å². The summed E-state index contributed by atoms with van der Waals surface area (Å²) in [6.45, 7) is 3.28. The first-order valence-electron chi connectivity index (χ1n) is 5.77. The van der Waals surface area contributed by atoms with Gasteiger partial charge in [0.25, 0.3) is 5.91 Å². The second-order valence-corrected chi connectivity index (χ2v) is 3.81. The smallest absolute Gasteiger partial charge is 0.331 e. The van der Waals surface area contributed by atoms with Crippen LogP contribution in [0, 0.1) is 0 Å². The lowest BCUT2D eigenvalue weighted by atomic mass is 10.1. The Morgan fingerprint density at radius 3 is 2.44 bits per heavy atom. The van der Waals surface area contributed by atoms with Gasteiger partial charge in [-0.1, -0.05) is 18.2 Å². The predicted molar refractivity (Wildman–Crippen MR) is 66.0 cm³/mol. The Hall–Kier alpha value is -1.88. The SMILES string of the molecule is CCOC(=O)[C@H](NC(=O)c1ccccc1)C(C)O. The summed E-state index contributed by atoms with van der Waals surface area (Å²) in [4.78, 5) is 23.4. The molecule has 0 radical (unpaired) electrons. The Kier molecular flexibility index (Phi) is 5.32. The van der Waals surface area contributed by atoms with E-state index in [1.54, 1.807) is 37.3 Å². The Balaban J connectivity index is 2.73. The molecule has 0 saturated heterocycles. The third kappa shape index (κ3) is 3.85. The van der Waals surface area contributed by atoms with Crippen LogP contribution in [0.3, 0.4) is 0 Å². The van der Waals surface area contributed by atoms with E-state index in [2.05, 4.69) is 5.32 Å². The number of nitrogens with one attached hydrogen (secondary N) is 1. The summed E-state index contributed by atoms with van der Waals surface area (Å²) in [5, 5.41) is 11.9. The highest BCUT2D eigenvalue weighted by molar-refractivity contribution is 5.96. The molecule has 0 aromatic heterocycles. The molecule has 0 aliphatic rings. The lowest BCUT2D eigenvalue weighted by Crippen LogP contribution is -2.48. The van der Waals surface area contributed by atoms with Crippen molar-refractivity contribution in [1.82, 2.24) is 5.32 Å². The van der Waals surface area contributed by atoms with E-state index in [0.717, 1.165) is 0 Å². The van der Waals surface area contributed by atoms with Gasteiger partial charge in [0.2, 0.25) is 0 Å². The van der Waals surface area contributed by atoms with Gasteiger partial charge < -0.3 is 15.2 Å². The van der Waals surface area contributed by atoms with E-state index >= 15 is 0 Å². The molecule has 1 aromatic carbocycles. The zero-order valence-corrected chi connectivity index (χ0v) is 10.4. The molecule has 0 saturated carbocycles. The van der Waals surface area contributed by atoms with Crippen LogP contribution in [0.4, 0.5) is 0 Å². The van der Waals surface area contributed by atoms with Crippen molar-refractivity contribution in [2.45, 2.75) is 26.0 Å². The molecule has 5 heteroatoms. The van der Waals surface area contributed by atoms with Crippen LogP contribution in [-0.4, -0.2) is 35.7 Å². The number of benzene rings is 1. The molecule has 0 heterocycles. The van der Waals surface area contributed by atoms with E-state index in [0.29, 0.717) is 5.56 Å². The van der Waals surface area contributed by atoms with E-state index in [9.17, 15) is 14.7 Å². The topological polar surface area (TPSA) is 75.6 Å². The predicted octanol–water partition coefficient (Wildman–Crippen LogP) is 0.729. The molecule has 0 aliphatic carbocycles. The van der Waals surface area contributed by atoms with Gasteiger partial charge in [0.1, 0.15) is 0 Å². The molecule has 2 N–H and O–H groups in total. The zero-order chi connectivity index (χ0) is 13.5. The number of aliphatic hydroxyl groups excluding tert-OH is 1. The van der Waals surface area contributed by atoms with Gasteiger partial charge in [0, 0.05) is 5.56 Å². The number of rotatable bonds is 5. The number of hydrogen-bond donors (Lipinski definition) is 2. The quantitative estimate of drug-likeness (QED) is 0.756. The van der Waals surface area contributed by atoms with Gasteiger partial charge in [0.05, 0.1) is 12.7 Å². The van der Waals surface area contributed by atoms with E-state index < -0.39 is 24.0 Å². The van der Waals surface area contributed by atoms with Gasteiger partial charge in [-0.05, 0) is 26.0 Å². The summed E-state index contributed by atoms with van der Waals surface area (Å²) in [6.07, 6.45) is -1.02. The van der Waals surface area contributed by atoms with Crippen LogP contribution in [0.5, 0.6) is 0 Å². The highest BCUT2D eigenvalue weighted by Crippen LogP contribution is 2.02. The first kappa shape index (κ1) is 14.2. The molecule has 0 bridgehead atoms. The summed E-state index contributed by atoms with van der Waals surface area (Å²) in [6, 6.07) is 7.42. The van der Waals surface area contributed by atoms with Crippen molar-refractivity contribution in [2.24, 2.45) is 0 Å². The molecule has 0 aliphatic heterocycles. The maximum atomic E-state index is 11.8. The standard InChI is InChI=1S/C13H17NO4/c1-3-18-13(17)11(9(2)15)14-12(16)10-7-5-4-6-8-10/h4-9,11,15H,3H2,1-2H3,(H,14,16)/t9?,11-/m1/s1. The summed E-state index contributed by atoms with van der Waals surface area (Å²) < 4.78 is 4.79. The Bertz CT molecular complexity index is 403. The van der Waals surface area contributed by atoms with E-state index in [4.69, 9.17) is 4.74 Å². The number of esters is 1. The Morgan fingerprint density at radius 2 is 1.94 bits per heavy atom. The van der Waals surface area contributed by atoms with Crippen LogP contribution in [0.25, 0.3) is 0 Å². The lowest BCUT2D eigenvalue weighted by Gasteiger charge is -2.19. The minimum atomic E-state index is -1.06. The average Bonchev–Trinajstić information content (AvgIpc) is 2.36. The van der Waals surface area contributed by atoms with Gasteiger partial charge >= 0.3 is 5.97 Å². The number of amides is 1. The van der Waals surface area contributed by atoms with Crippen LogP contribution in [0.15, 0.2) is 30.3 Å². The van der Waals surface area contributed by atoms with Crippen LogP contribution in [0.2, 0.25) is 0 Å². The third-order valence-electron chi connectivity index (χ3n) is 2.35. The van der Waals surface area contributed by atoms with Crippen molar-refractivity contribution in [3.8, 4) is 0 Å². The number of hydrogen-bond acceptors (Lipinski definition) is 4. The molecular formula is C13H17NO4. The van der Waals surface area contributed by atoms with Crippen molar-refractivity contribution in [3.05, 3.63) is 35.9 Å². The van der Waals surface area contributed by atoms with Crippen molar-refractivity contribution in [3.63, 3.8) is 0 Å². The fraction of sp³-hybridized carbons (Fsp3) is 0.385. The molecular weight excluding hydrogens is 234 g/mol. The van der Waals surface area contributed by atoms with Gasteiger partial charge in [-0.3, -0.25) is 4.79 Å². The Morgan fingerprint density at radius 1 is 1.33 bits per heavy atom. The maximum Gasteiger partial charge on any atom is 0.331 e. The van der Waals surface area contributed by atoms with Crippen molar-refractivity contribution < 1.29 is 19.4 Å². The minimum absolute atomic E-state index is 0.198. The Labute approximate surface area is 106 Å². The largest absolute Gasteiger partial charge is 0.464 e. The van der Waals surface area contributed by atoms with Crippen LogP contribution < -0.4 is 5.32 Å². The summed E-state index contributed by atoms with van der Waals surface area (Å²) in [5.41, 5.74) is 0.424. The minimum Gasteiger partial charge on any atom is -0.464 e.